The number of benzene rings is 3. The number of ether oxygens (including phenoxy) is 2. The summed E-state index contributed by atoms with van der Waals surface area (Å²) in [6.45, 7) is 4.34. The van der Waals surface area contributed by atoms with Gasteiger partial charge in [0, 0.05) is 24.2 Å². The number of carbonyl (C=O) groups excluding carboxylic acids is 3. The number of hydrogen-bond donors (Lipinski definition) is 0. The molecule has 2 heterocycles. The standard InChI is InChI=1S/C29H28N2O5/c1-29(2)28(34)31(18-25(32)20-8-11-23(35-3)12-9-20)24-16-21(10-13-26(24)36-29)27(33)30-15-14-19-6-4-5-7-22(19)17-30/h4-13,16H,14-15,17-18H2,1-3H3. The van der Waals surface area contributed by atoms with Crippen LogP contribution >= 0.6 is 0 Å². The molecule has 3 aromatic carbocycles. The maximum absolute atomic E-state index is 13.4. The van der Waals surface area contributed by atoms with Crippen molar-refractivity contribution in [2.24, 2.45) is 0 Å². The van der Waals surface area contributed by atoms with Crippen molar-refractivity contribution in [1.29, 1.82) is 0 Å². The Morgan fingerprint density at radius 2 is 1.67 bits per heavy atom. The van der Waals surface area contributed by atoms with E-state index in [2.05, 4.69) is 6.07 Å². The molecular weight excluding hydrogens is 456 g/mol. The molecule has 0 bridgehead atoms. The molecule has 0 radical (unpaired) electrons. The Balaban J connectivity index is 1.43. The van der Waals surface area contributed by atoms with Crippen LogP contribution in [0.3, 0.4) is 0 Å². The van der Waals surface area contributed by atoms with Gasteiger partial charge in [-0.15, -0.1) is 0 Å². The van der Waals surface area contributed by atoms with Gasteiger partial charge in [-0.2, -0.15) is 0 Å². The molecule has 0 atom stereocenters. The molecule has 36 heavy (non-hydrogen) atoms. The van der Waals surface area contributed by atoms with E-state index in [9.17, 15) is 14.4 Å². The summed E-state index contributed by atoms with van der Waals surface area (Å²) in [6, 6.07) is 20.0. The smallest absolute Gasteiger partial charge is 0.271 e. The molecule has 0 unspecified atom stereocenters. The van der Waals surface area contributed by atoms with E-state index in [0.717, 1.165) is 12.0 Å². The summed E-state index contributed by atoms with van der Waals surface area (Å²) in [7, 11) is 1.56. The first-order chi connectivity index (χ1) is 17.3. The fourth-order valence-corrected chi connectivity index (χ4v) is 4.72. The number of Topliss-reactive ketones (excluding diaryl/α,β-unsaturated/α-hetero) is 1. The average molecular weight is 485 g/mol. The highest BCUT2D eigenvalue weighted by Gasteiger charge is 2.42. The van der Waals surface area contributed by atoms with Gasteiger partial charge in [0.2, 0.25) is 0 Å². The van der Waals surface area contributed by atoms with Crippen molar-refractivity contribution in [3.8, 4) is 11.5 Å². The first-order valence-corrected chi connectivity index (χ1v) is 11.9. The summed E-state index contributed by atoms with van der Waals surface area (Å²) in [6.07, 6.45) is 0.797. The summed E-state index contributed by atoms with van der Waals surface area (Å²) in [5, 5.41) is 0. The molecule has 0 aromatic heterocycles. The van der Waals surface area contributed by atoms with Gasteiger partial charge in [-0.05, 0) is 73.9 Å². The van der Waals surface area contributed by atoms with Crippen LogP contribution in [0.2, 0.25) is 0 Å². The van der Waals surface area contributed by atoms with Crippen LogP contribution < -0.4 is 14.4 Å². The van der Waals surface area contributed by atoms with Gasteiger partial charge in [0.1, 0.15) is 11.5 Å². The fraction of sp³-hybridized carbons (Fsp3) is 0.276. The highest BCUT2D eigenvalue weighted by atomic mass is 16.5. The lowest BCUT2D eigenvalue weighted by atomic mass is 9.98. The lowest BCUT2D eigenvalue weighted by Crippen LogP contribution is -2.54. The third-order valence-corrected chi connectivity index (χ3v) is 6.75. The van der Waals surface area contributed by atoms with E-state index in [1.807, 2.05) is 23.1 Å². The van der Waals surface area contributed by atoms with Crippen molar-refractivity contribution < 1.29 is 23.9 Å². The molecule has 2 amide bonds. The van der Waals surface area contributed by atoms with Gasteiger partial charge in [-0.1, -0.05) is 24.3 Å². The Labute approximate surface area is 210 Å². The van der Waals surface area contributed by atoms with Crippen LogP contribution in [-0.2, 0) is 17.8 Å². The first kappa shape index (κ1) is 23.6. The van der Waals surface area contributed by atoms with Crippen molar-refractivity contribution in [1.82, 2.24) is 4.90 Å². The number of methoxy groups -OCH3 is 1. The Bertz CT molecular complexity index is 1350. The van der Waals surface area contributed by atoms with E-state index < -0.39 is 5.60 Å². The largest absolute Gasteiger partial charge is 0.497 e. The van der Waals surface area contributed by atoms with Crippen LogP contribution in [0.4, 0.5) is 5.69 Å². The van der Waals surface area contributed by atoms with Crippen molar-refractivity contribution in [2.75, 3.05) is 25.1 Å². The van der Waals surface area contributed by atoms with Gasteiger partial charge in [0.05, 0.1) is 19.3 Å². The summed E-state index contributed by atoms with van der Waals surface area (Å²) in [5.41, 5.74) is 2.60. The normalized spacial score (nSPS) is 16.0. The van der Waals surface area contributed by atoms with E-state index in [1.54, 1.807) is 63.4 Å². The number of amides is 2. The topological polar surface area (TPSA) is 76.1 Å². The zero-order valence-electron chi connectivity index (χ0n) is 20.6. The van der Waals surface area contributed by atoms with Crippen LogP contribution in [0, 0.1) is 0 Å². The first-order valence-electron chi connectivity index (χ1n) is 11.9. The summed E-state index contributed by atoms with van der Waals surface area (Å²) in [5.74, 6) is 0.421. The van der Waals surface area contributed by atoms with Crippen LogP contribution in [0.1, 0.15) is 45.7 Å². The van der Waals surface area contributed by atoms with E-state index in [-0.39, 0.29) is 24.1 Å². The predicted molar refractivity (Wildman–Crippen MR) is 136 cm³/mol. The van der Waals surface area contributed by atoms with E-state index in [4.69, 9.17) is 9.47 Å². The molecule has 5 rings (SSSR count). The Kier molecular flexibility index (Phi) is 6.00. The number of anilines is 1. The van der Waals surface area contributed by atoms with Crippen LogP contribution in [0.25, 0.3) is 0 Å². The second kappa shape index (κ2) is 9.15. The minimum Gasteiger partial charge on any atom is -0.497 e. The third-order valence-electron chi connectivity index (χ3n) is 6.75. The Morgan fingerprint density at radius 1 is 0.972 bits per heavy atom. The Morgan fingerprint density at radius 3 is 2.39 bits per heavy atom. The summed E-state index contributed by atoms with van der Waals surface area (Å²) in [4.78, 5) is 43.1. The lowest BCUT2D eigenvalue weighted by Gasteiger charge is -2.38. The van der Waals surface area contributed by atoms with Crippen molar-refractivity contribution in [3.05, 3.63) is 89.0 Å². The molecule has 7 nitrogen and oxygen atoms in total. The zero-order valence-corrected chi connectivity index (χ0v) is 20.6. The molecule has 2 aliphatic rings. The molecule has 184 valence electrons. The minimum atomic E-state index is -1.14. The van der Waals surface area contributed by atoms with Gasteiger partial charge < -0.3 is 14.4 Å². The lowest BCUT2D eigenvalue weighted by molar-refractivity contribution is -0.132. The summed E-state index contributed by atoms with van der Waals surface area (Å²) >= 11 is 0. The van der Waals surface area contributed by atoms with Crippen LogP contribution in [0.15, 0.2) is 66.7 Å². The number of ketones is 1. The third kappa shape index (κ3) is 4.33. The highest BCUT2D eigenvalue weighted by molar-refractivity contribution is 6.10. The molecule has 2 aliphatic heterocycles. The second-order valence-electron chi connectivity index (χ2n) is 9.58. The molecule has 7 heteroatoms. The maximum Gasteiger partial charge on any atom is 0.271 e. The molecular formula is C29H28N2O5. The molecule has 0 aliphatic carbocycles. The average Bonchev–Trinajstić information content (AvgIpc) is 2.90. The zero-order chi connectivity index (χ0) is 25.4. The van der Waals surface area contributed by atoms with Crippen LogP contribution in [-0.4, -0.2) is 48.3 Å². The van der Waals surface area contributed by atoms with E-state index >= 15 is 0 Å². The molecule has 0 fully saturated rings. The summed E-state index contributed by atoms with van der Waals surface area (Å²) < 4.78 is 11.1. The quantitative estimate of drug-likeness (QED) is 0.506. The van der Waals surface area contributed by atoms with Gasteiger partial charge in [-0.3, -0.25) is 19.3 Å². The molecule has 3 aromatic rings. The van der Waals surface area contributed by atoms with E-state index in [1.165, 1.54) is 10.5 Å². The predicted octanol–water partition coefficient (Wildman–Crippen LogP) is 4.28. The monoisotopic (exact) mass is 484 g/mol. The highest BCUT2D eigenvalue weighted by Crippen LogP contribution is 2.39. The maximum atomic E-state index is 13.4. The van der Waals surface area contributed by atoms with Gasteiger partial charge >= 0.3 is 0 Å². The number of hydrogen-bond acceptors (Lipinski definition) is 5. The Hall–Kier alpha value is -4.13. The number of nitrogens with zero attached hydrogens (tertiary/aromatic N) is 2. The van der Waals surface area contributed by atoms with Gasteiger partial charge in [-0.25, -0.2) is 0 Å². The number of rotatable bonds is 5. The van der Waals surface area contributed by atoms with E-state index in [0.29, 0.717) is 41.4 Å². The molecule has 0 saturated carbocycles. The van der Waals surface area contributed by atoms with Gasteiger partial charge in [0.15, 0.2) is 11.4 Å². The minimum absolute atomic E-state index is 0.119. The van der Waals surface area contributed by atoms with Gasteiger partial charge in [0.25, 0.3) is 11.8 Å². The molecule has 0 N–H and O–H groups in total. The fourth-order valence-electron chi connectivity index (χ4n) is 4.72. The SMILES string of the molecule is COc1ccc(C(=O)CN2C(=O)C(C)(C)Oc3ccc(C(=O)N4CCc5ccccc5C4)cc32)cc1. The number of fused-ring (bicyclic) bond motifs is 2. The second-order valence-corrected chi connectivity index (χ2v) is 9.58. The van der Waals surface area contributed by atoms with Crippen LogP contribution in [0.5, 0.6) is 11.5 Å². The number of carbonyl (C=O) groups is 3. The molecule has 0 spiro atoms. The van der Waals surface area contributed by atoms with Crippen molar-refractivity contribution in [3.63, 3.8) is 0 Å². The van der Waals surface area contributed by atoms with Crippen molar-refractivity contribution >= 4 is 23.3 Å². The molecule has 0 saturated heterocycles. The van der Waals surface area contributed by atoms with Crippen molar-refractivity contribution in [2.45, 2.75) is 32.4 Å².